The van der Waals surface area contributed by atoms with Crippen molar-refractivity contribution in [1.82, 2.24) is 0 Å². The predicted molar refractivity (Wildman–Crippen MR) is 96.9 cm³/mol. The molecule has 0 rings (SSSR count). The number of esters is 1. The van der Waals surface area contributed by atoms with Crippen molar-refractivity contribution in [2.45, 2.75) is 83.7 Å². The van der Waals surface area contributed by atoms with E-state index in [9.17, 15) is 9.59 Å². The largest absolute Gasteiger partial charge is 0.481 e. The van der Waals surface area contributed by atoms with Gasteiger partial charge in [0.25, 0.3) is 0 Å². The van der Waals surface area contributed by atoms with E-state index in [1.165, 1.54) is 38.5 Å². The number of carboxylic acid groups (broad SMARTS) is 1. The standard InChI is InChI=1S/C19H37NO4/c1-5-6-7-8-9-10-11-12-13-14-19(23)24-17(15-18(21)22)16-20(2,3)4/h17H,5-16H2,1-4H3/p+1/t17-/m0/s1. The second-order valence-electron chi connectivity index (χ2n) is 7.76. The minimum Gasteiger partial charge on any atom is -0.481 e. The number of unbranched alkanes of at least 4 members (excludes halogenated alkanes) is 8. The van der Waals surface area contributed by atoms with Crippen molar-refractivity contribution in [3.8, 4) is 0 Å². The van der Waals surface area contributed by atoms with Crippen LogP contribution in [0.25, 0.3) is 0 Å². The predicted octanol–water partition coefficient (Wildman–Crippen LogP) is 4.00. The molecule has 0 unspecified atom stereocenters. The molecule has 0 spiro atoms. The van der Waals surface area contributed by atoms with Gasteiger partial charge in [-0.3, -0.25) is 9.59 Å². The number of nitrogens with zero attached hydrogens (tertiary/aromatic N) is 1. The molecule has 0 radical (unpaired) electrons. The molecule has 0 aromatic rings. The average Bonchev–Trinajstić information content (AvgIpc) is 2.42. The van der Waals surface area contributed by atoms with Gasteiger partial charge >= 0.3 is 11.9 Å². The van der Waals surface area contributed by atoms with Crippen LogP contribution in [0.2, 0.25) is 0 Å². The SMILES string of the molecule is CCCCCCCCCCCC(=O)O[C@@H](CC(=O)O)C[N+](C)(C)C. The zero-order valence-electron chi connectivity index (χ0n) is 16.2. The van der Waals surface area contributed by atoms with Crippen molar-refractivity contribution in [1.29, 1.82) is 0 Å². The van der Waals surface area contributed by atoms with Gasteiger partial charge in [0.2, 0.25) is 0 Å². The van der Waals surface area contributed by atoms with E-state index in [1.54, 1.807) is 0 Å². The van der Waals surface area contributed by atoms with Crippen molar-refractivity contribution in [3.05, 3.63) is 0 Å². The summed E-state index contributed by atoms with van der Waals surface area (Å²) in [6, 6.07) is 0. The van der Waals surface area contributed by atoms with E-state index in [2.05, 4.69) is 6.92 Å². The minimum atomic E-state index is -0.927. The zero-order valence-corrected chi connectivity index (χ0v) is 16.2. The van der Waals surface area contributed by atoms with Crippen LogP contribution in [0.3, 0.4) is 0 Å². The Balaban J connectivity index is 3.82. The molecular formula is C19H38NO4+. The van der Waals surface area contributed by atoms with Gasteiger partial charge in [-0.1, -0.05) is 58.3 Å². The number of carbonyl (C=O) groups excluding carboxylic acids is 1. The molecule has 24 heavy (non-hydrogen) atoms. The first-order valence-corrected chi connectivity index (χ1v) is 9.46. The Morgan fingerprint density at radius 2 is 1.42 bits per heavy atom. The monoisotopic (exact) mass is 344 g/mol. The average molecular weight is 345 g/mol. The molecule has 5 nitrogen and oxygen atoms in total. The fourth-order valence-corrected chi connectivity index (χ4v) is 2.77. The summed E-state index contributed by atoms with van der Waals surface area (Å²) in [5.41, 5.74) is 0. The summed E-state index contributed by atoms with van der Waals surface area (Å²) >= 11 is 0. The molecular weight excluding hydrogens is 306 g/mol. The highest BCUT2D eigenvalue weighted by molar-refractivity contribution is 5.71. The maximum atomic E-state index is 11.9. The molecule has 142 valence electrons. The van der Waals surface area contributed by atoms with Gasteiger partial charge in [0, 0.05) is 6.42 Å². The first-order valence-electron chi connectivity index (χ1n) is 9.46. The first kappa shape index (κ1) is 22.9. The molecule has 0 aliphatic heterocycles. The van der Waals surface area contributed by atoms with Gasteiger partial charge in [-0.25, -0.2) is 0 Å². The first-order chi connectivity index (χ1) is 11.2. The Bertz CT molecular complexity index is 350. The van der Waals surface area contributed by atoms with E-state index in [0.717, 1.165) is 19.3 Å². The van der Waals surface area contributed by atoms with Gasteiger partial charge in [0.1, 0.15) is 6.54 Å². The Morgan fingerprint density at radius 1 is 0.917 bits per heavy atom. The Labute approximate surface area is 148 Å². The maximum Gasteiger partial charge on any atom is 0.307 e. The molecule has 0 saturated heterocycles. The normalized spacial score (nSPS) is 12.8. The van der Waals surface area contributed by atoms with Crippen LogP contribution < -0.4 is 0 Å². The molecule has 0 fully saturated rings. The fraction of sp³-hybridized carbons (Fsp3) is 0.895. The molecule has 0 aliphatic carbocycles. The lowest BCUT2D eigenvalue weighted by molar-refractivity contribution is -0.873. The number of carboxylic acids is 1. The number of rotatable bonds is 15. The number of likely N-dealkylation sites (N-methyl/N-ethyl adjacent to an activating group) is 1. The van der Waals surface area contributed by atoms with Crippen LogP contribution in [0.15, 0.2) is 0 Å². The van der Waals surface area contributed by atoms with Gasteiger partial charge in [0.05, 0.1) is 27.6 Å². The molecule has 0 bridgehead atoms. The number of carbonyl (C=O) groups is 2. The quantitative estimate of drug-likeness (QED) is 0.277. The second kappa shape index (κ2) is 13.2. The van der Waals surface area contributed by atoms with Crippen molar-refractivity contribution in [2.75, 3.05) is 27.7 Å². The lowest BCUT2D eigenvalue weighted by Gasteiger charge is -2.28. The maximum absolute atomic E-state index is 11.9. The number of ether oxygens (including phenoxy) is 1. The van der Waals surface area contributed by atoms with Crippen LogP contribution in [-0.4, -0.2) is 55.3 Å². The van der Waals surface area contributed by atoms with Gasteiger partial charge in [-0.05, 0) is 6.42 Å². The summed E-state index contributed by atoms with van der Waals surface area (Å²) in [7, 11) is 5.88. The summed E-state index contributed by atoms with van der Waals surface area (Å²) in [5.74, 6) is -1.19. The van der Waals surface area contributed by atoms with E-state index in [4.69, 9.17) is 9.84 Å². The molecule has 1 N–H and O–H groups in total. The van der Waals surface area contributed by atoms with Crippen molar-refractivity contribution in [2.24, 2.45) is 0 Å². The van der Waals surface area contributed by atoms with Crippen molar-refractivity contribution < 1.29 is 23.9 Å². The molecule has 0 heterocycles. The Hall–Kier alpha value is -1.10. The van der Waals surface area contributed by atoms with Crippen LogP contribution in [0.4, 0.5) is 0 Å². The van der Waals surface area contributed by atoms with E-state index < -0.39 is 12.1 Å². The molecule has 5 heteroatoms. The third-order valence-corrected chi connectivity index (χ3v) is 3.94. The van der Waals surface area contributed by atoms with Crippen LogP contribution in [0, 0.1) is 0 Å². The topological polar surface area (TPSA) is 63.6 Å². The number of quaternary nitrogens is 1. The lowest BCUT2D eigenvalue weighted by atomic mass is 10.1. The highest BCUT2D eigenvalue weighted by Crippen LogP contribution is 2.12. The number of hydrogen-bond donors (Lipinski definition) is 1. The molecule has 0 saturated carbocycles. The molecule has 0 aromatic carbocycles. The van der Waals surface area contributed by atoms with E-state index in [1.807, 2.05) is 21.1 Å². The lowest BCUT2D eigenvalue weighted by Crippen LogP contribution is -2.43. The minimum absolute atomic E-state index is 0.126. The Morgan fingerprint density at radius 3 is 1.88 bits per heavy atom. The number of hydrogen-bond acceptors (Lipinski definition) is 3. The highest BCUT2D eigenvalue weighted by atomic mass is 16.5. The second-order valence-corrected chi connectivity index (χ2v) is 7.76. The highest BCUT2D eigenvalue weighted by Gasteiger charge is 2.24. The van der Waals surface area contributed by atoms with E-state index in [-0.39, 0.29) is 12.4 Å². The van der Waals surface area contributed by atoms with Gasteiger partial charge < -0.3 is 14.3 Å². The van der Waals surface area contributed by atoms with Crippen LogP contribution in [0.1, 0.15) is 77.6 Å². The summed E-state index contributed by atoms with van der Waals surface area (Å²) in [5, 5.41) is 8.95. The van der Waals surface area contributed by atoms with Gasteiger partial charge in [-0.2, -0.15) is 0 Å². The molecule has 0 aromatic heterocycles. The summed E-state index contributed by atoms with van der Waals surface area (Å²) in [6.07, 6.45) is 10.5. The molecule has 0 aliphatic rings. The Kier molecular flexibility index (Phi) is 12.6. The van der Waals surface area contributed by atoms with Crippen LogP contribution >= 0.6 is 0 Å². The van der Waals surface area contributed by atoms with Gasteiger partial charge in [-0.15, -0.1) is 0 Å². The van der Waals surface area contributed by atoms with Crippen molar-refractivity contribution in [3.63, 3.8) is 0 Å². The summed E-state index contributed by atoms with van der Waals surface area (Å²) in [4.78, 5) is 22.8. The molecule has 1 atom stereocenters. The van der Waals surface area contributed by atoms with E-state index >= 15 is 0 Å². The molecule has 0 amide bonds. The van der Waals surface area contributed by atoms with E-state index in [0.29, 0.717) is 17.4 Å². The smallest absolute Gasteiger partial charge is 0.307 e. The fourth-order valence-electron chi connectivity index (χ4n) is 2.77. The third-order valence-electron chi connectivity index (χ3n) is 3.94. The van der Waals surface area contributed by atoms with Gasteiger partial charge in [0.15, 0.2) is 6.10 Å². The van der Waals surface area contributed by atoms with Crippen LogP contribution in [-0.2, 0) is 14.3 Å². The van der Waals surface area contributed by atoms with Crippen molar-refractivity contribution >= 4 is 11.9 Å². The number of aliphatic carboxylic acids is 1. The third kappa shape index (κ3) is 15.8. The summed E-state index contributed by atoms with van der Waals surface area (Å²) in [6.45, 7) is 2.73. The zero-order chi connectivity index (χ0) is 18.4. The summed E-state index contributed by atoms with van der Waals surface area (Å²) < 4.78 is 5.95. The van der Waals surface area contributed by atoms with Crippen LogP contribution in [0.5, 0.6) is 0 Å².